The Morgan fingerprint density at radius 1 is 0.536 bits per heavy atom. The van der Waals surface area contributed by atoms with Gasteiger partial charge in [0.1, 0.15) is 0 Å². The zero-order valence-electron chi connectivity index (χ0n) is 18.0. The molecule has 8 heteroatoms. The van der Waals surface area contributed by atoms with Gasteiger partial charge >= 0.3 is 170 Å². The minimum atomic E-state index is -10.7. The van der Waals surface area contributed by atoms with E-state index in [0.29, 0.717) is 0 Å². The molecule has 0 aromatic carbocycles. The zero-order chi connectivity index (χ0) is 22.7. The van der Waals surface area contributed by atoms with Crippen LogP contribution in [0.3, 0.4) is 0 Å². The van der Waals surface area contributed by atoms with E-state index in [0.717, 1.165) is 0 Å². The van der Waals surface area contributed by atoms with Crippen molar-refractivity contribution in [1.29, 1.82) is 0 Å². The molecule has 28 heavy (non-hydrogen) atoms. The van der Waals surface area contributed by atoms with Crippen molar-refractivity contribution in [2.24, 2.45) is 10.8 Å². The number of allylic oxidation sites excluding steroid dienone is 8. The van der Waals surface area contributed by atoms with Gasteiger partial charge < -0.3 is 0 Å². The maximum atomic E-state index is 9.87. The Hall–Kier alpha value is -0.524. The Morgan fingerprint density at radius 2 is 0.750 bits per heavy atom. The van der Waals surface area contributed by atoms with Gasteiger partial charge in [-0.3, -0.25) is 0 Å². The second-order valence-electron chi connectivity index (χ2n) is 8.62. The summed E-state index contributed by atoms with van der Waals surface area (Å²) in [5, 5.41) is 0. The second kappa shape index (κ2) is 6.49. The molecule has 0 unspecified atom stereocenters. The fourth-order valence-electron chi connectivity index (χ4n) is 3.48. The molecule has 0 atom stereocenters. The molecule has 0 saturated heterocycles. The summed E-state index contributed by atoms with van der Waals surface area (Å²) in [5.74, 6) is 0. The Balaban J connectivity index is 0.000000480. The van der Waals surface area contributed by atoms with Crippen LogP contribution in [0, 0.1) is 10.8 Å². The van der Waals surface area contributed by atoms with Crippen LogP contribution in [0.4, 0.5) is 25.2 Å². The summed E-state index contributed by atoms with van der Waals surface area (Å²) in [6.07, 6.45) is 0. The summed E-state index contributed by atoms with van der Waals surface area (Å²) in [7, 11) is -10.7. The molecule has 0 aromatic heterocycles. The van der Waals surface area contributed by atoms with Crippen molar-refractivity contribution < 1.29 is 39.9 Å². The van der Waals surface area contributed by atoms with Crippen molar-refractivity contribution in [3.05, 3.63) is 42.5 Å². The van der Waals surface area contributed by atoms with Gasteiger partial charge in [0.15, 0.2) is 0 Å². The predicted octanol–water partition coefficient (Wildman–Crippen LogP) is 9.75. The molecule has 166 valence electrons. The third-order valence-corrected chi connectivity index (χ3v) is 8.56. The number of halogens is 6. The summed E-state index contributed by atoms with van der Waals surface area (Å²) in [6.45, 7) is 23.3. The van der Waals surface area contributed by atoms with E-state index in [2.05, 4.69) is 69.2 Å². The van der Waals surface area contributed by atoms with E-state index >= 15 is 0 Å². The molecule has 0 amide bonds. The molecule has 0 N–H and O–H groups in total. The van der Waals surface area contributed by atoms with Gasteiger partial charge in [-0.05, 0) is 0 Å². The van der Waals surface area contributed by atoms with Crippen molar-refractivity contribution >= 4 is 7.81 Å². The number of hydrogen-bond acceptors (Lipinski definition) is 0. The Morgan fingerprint density at radius 3 is 0.893 bits per heavy atom. The van der Waals surface area contributed by atoms with Crippen LogP contribution in [-0.4, -0.2) is 0 Å². The molecular weight excluding hydrogens is 444 g/mol. The molecule has 0 heterocycles. The Labute approximate surface area is 170 Å². The van der Waals surface area contributed by atoms with Gasteiger partial charge in [0.05, 0.1) is 0 Å². The summed E-state index contributed by atoms with van der Waals surface area (Å²) in [5.41, 5.74) is 9.49. The molecule has 0 saturated carbocycles. The first-order chi connectivity index (χ1) is 11.9. The fraction of sp³-hybridized carbons (Fsp3) is 0.600. The topological polar surface area (TPSA) is 0 Å². The standard InChI is InChI=1S/2C10H15.Co.F6P/c2*1-7-6-10(4,5)9(3)8(7)2;;1-7(2,3,4,5)6/h2*1-5H3;;/q;;+1;-1. The first kappa shape index (κ1) is 25.5. The van der Waals surface area contributed by atoms with Crippen LogP contribution in [-0.2, 0) is 14.7 Å². The molecule has 0 fully saturated rings. The molecule has 0 radical (unpaired) electrons. The van der Waals surface area contributed by atoms with Crippen LogP contribution in [0.2, 0.25) is 0 Å². The van der Waals surface area contributed by atoms with E-state index in [-0.39, 0.29) is 10.8 Å². The Kier molecular flexibility index (Phi) is 5.91. The average molecular weight is 474 g/mol. The van der Waals surface area contributed by atoms with Crippen molar-refractivity contribution in [3.8, 4) is 0 Å². The molecule has 0 spiro atoms. The van der Waals surface area contributed by atoms with Crippen LogP contribution in [0.15, 0.2) is 42.5 Å². The predicted molar refractivity (Wildman–Crippen MR) is 103 cm³/mol. The quantitative estimate of drug-likeness (QED) is 0.276. The SMILES string of the molecule is CC1=C(C)C(C)(C)[C]([Co+][C]2=C(C)C(C)=C(C)C2(C)C)=C1C.F[P-](F)(F)(F)(F)F. The van der Waals surface area contributed by atoms with E-state index < -0.39 is 7.81 Å². The van der Waals surface area contributed by atoms with E-state index in [1.807, 2.05) is 0 Å². The second-order valence-corrected chi connectivity index (χ2v) is 11.8. The van der Waals surface area contributed by atoms with Crippen LogP contribution in [0.25, 0.3) is 0 Å². The van der Waals surface area contributed by atoms with Gasteiger partial charge in [-0.2, -0.15) is 0 Å². The molecule has 0 aromatic rings. The minimum absolute atomic E-state index is 0.196. The summed E-state index contributed by atoms with van der Waals surface area (Å²) in [6, 6.07) is 0. The number of rotatable bonds is 2. The molecule has 2 aliphatic carbocycles. The van der Waals surface area contributed by atoms with Gasteiger partial charge in [-0.1, -0.05) is 0 Å². The van der Waals surface area contributed by atoms with Gasteiger partial charge in [0.2, 0.25) is 0 Å². The fourth-order valence-corrected chi connectivity index (χ4v) is 5.56. The van der Waals surface area contributed by atoms with E-state index in [1.54, 1.807) is 9.02 Å². The van der Waals surface area contributed by atoms with E-state index in [4.69, 9.17) is 0 Å². The monoisotopic (exact) mass is 474 g/mol. The maximum absolute atomic E-state index is 10.7. The average Bonchev–Trinajstić information content (AvgIpc) is 2.68. The van der Waals surface area contributed by atoms with Gasteiger partial charge in [0.25, 0.3) is 0 Å². The third-order valence-electron chi connectivity index (χ3n) is 5.96. The summed E-state index contributed by atoms with van der Waals surface area (Å²) < 4.78 is 62.4. The van der Waals surface area contributed by atoms with Crippen LogP contribution >= 0.6 is 7.81 Å². The van der Waals surface area contributed by atoms with Gasteiger partial charge in [0, 0.05) is 0 Å². The molecular formula is C20H30CoF6P. The summed E-state index contributed by atoms with van der Waals surface area (Å²) >= 11 is 1.47. The van der Waals surface area contributed by atoms with Gasteiger partial charge in [-0.25, -0.2) is 0 Å². The number of hydrogen-bond donors (Lipinski definition) is 0. The van der Waals surface area contributed by atoms with Crippen LogP contribution < -0.4 is 0 Å². The molecule has 2 rings (SSSR count). The normalized spacial score (nSPS) is 24.6. The van der Waals surface area contributed by atoms with Crippen molar-refractivity contribution in [2.45, 2.75) is 69.2 Å². The van der Waals surface area contributed by atoms with Crippen molar-refractivity contribution in [1.82, 2.24) is 0 Å². The van der Waals surface area contributed by atoms with Crippen LogP contribution in [0.1, 0.15) is 69.2 Å². The summed E-state index contributed by atoms with van der Waals surface area (Å²) in [4.78, 5) is 0. The molecule has 0 nitrogen and oxygen atoms in total. The molecule has 2 aliphatic rings. The van der Waals surface area contributed by atoms with Crippen molar-refractivity contribution in [2.75, 3.05) is 0 Å². The van der Waals surface area contributed by atoms with Gasteiger partial charge in [-0.15, -0.1) is 0 Å². The van der Waals surface area contributed by atoms with Crippen molar-refractivity contribution in [3.63, 3.8) is 0 Å². The van der Waals surface area contributed by atoms with E-state index in [9.17, 15) is 25.2 Å². The molecule has 0 aliphatic heterocycles. The Bertz CT molecular complexity index is 767. The zero-order valence-corrected chi connectivity index (χ0v) is 20.0. The first-order valence-electron chi connectivity index (χ1n) is 8.85. The van der Waals surface area contributed by atoms with Crippen LogP contribution in [0.5, 0.6) is 0 Å². The first-order valence-corrected chi connectivity index (χ1v) is 11.9. The molecule has 0 bridgehead atoms. The van der Waals surface area contributed by atoms with E-state index in [1.165, 1.54) is 48.1 Å². The third kappa shape index (κ3) is 5.76.